The van der Waals surface area contributed by atoms with E-state index >= 15 is 0 Å². The molecular weight excluding hydrogens is 566 g/mol. The van der Waals surface area contributed by atoms with E-state index in [1.807, 2.05) is 97.9 Å². The number of phenolic OH excluding ortho intramolecular Hbond substituents is 1. The molecule has 2 unspecified atom stereocenters. The third-order valence-corrected chi connectivity index (χ3v) is 7.21. The molecule has 0 aliphatic carbocycles. The van der Waals surface area contributed by atoms with Gasteiger partial charge in [0.15, 0.2) is 0 Å². The van der Waals surface area contributed by atoms with Crippen LogP contribution >= 0.6 is 0 Å². The molecule has 0 spiro atoms. The normalized spacial score (nSPS) is 12.8. The van der Waals surface area contributed by atoms with Crippen molar-refractivity contribution in [1.29, 1.82) is 0 Å². The maximum atomic E-state index is 14.1. The highest BCUT2D eigenvalue weighted by Crippen LogP contribution is 2.37. The SMILES string of the molecule is CC(Cc1ccc(O)cc1)NC(=O)C(CC(=O)NC(c1ccccc1)(c1ccccc1)c1ccccc1)NC(=O)OC(C)(C)C. The highest BCUT2D eigenvalue weighted by atomic mass is 16.6. The molecule has 0 aliphatic heterocycles. The minimum atomic E-state index is -1.22. The van der Waals surface area contributed by atoms with Gasteiger partial charge in [-0.2, -0.15) is 0 Å². The smallest absolute Gasteiger partial charge is 0.408 e. The standard InChI is InChI=1S/C37H41N3O5/c1-26(24-27-20-22-31(41)23-21-27)38-34(43)32(39-35(44)45-36(2,3)4)25-33(42)40-37(28-14-8-5-9-15-28,29-16-10-6-11-17-29)30-18-12-7-13-19-30/h5-23,26,32,41H,24-25H2,1-4H3,(H,38,43)(H,39,44)(H,40,42). The lowest BCUT2D eigenvalue weighted by atomic mass is 9.77. The molecule has 0 saturated carbocycles. The van der Waals surface area contributed by atoms with E-state index in [9.17, 15) is 19.5 Å². The number of carbonyl (C=O) groups is 3. The van der Waals surface area contributed by atoms with Gasteiger partial charge in [-0.1, -0.05) is 103 Å². The molecule has 4 N–H and O–H groups in total. The summed E-state index contributed by atoms with van der Waals surface area (Å²) in [5, 5.41) is 18.4. The third kappa shape index (κ3) is 8.95. The van der Waals surface area contributed by atoms with Crippen LogP contribution in [0.4, 0.5) is 4.79 Å². The Morgan fingerprint density at radius 3 is 1.62 bits per heavy atom. The zero-order chi connectivity index (χ0) is 32.5. The van der Waals surface area contributed by atoms with Crippen molar-refractivity contribution in [3.8, 4) is 5.75 Å². The van der Waals surface area contributed by atoms with Gasteiger partial charge in [-0.25, -0.2) is 4.79 Å². The van der Waals surface area contributed by atoms with Crippen molar-refractivity contribution < 1.29 is 24.2 Å². The van der Waals surface area contributed by atoms with Gasteiger partial charge in [0.1, 0.15) is 22.9 Å². The molecule has 0 saturated heterocycles. The second-order valence-electron chi connectivity index (χ2n) is 12.1. The van der Waals surface area contributed by atoms with Gasteiger partial charge in [-0.05, 0) is 68.5 Å². The van der Waals surface area contributed by atoms with E-state index in [-0.39, 0.29) is 18.2 Å². The average Bonchev–Trinajstić information content (AvgIpc) is 3.01. The first-order chi connectivity index (χ1) is 21.5. The number of ether oxygens (including phenoxy) is 1. The second kappa shape index (κ2) is 14.6. The molecule has 0 radical (unpaired) electrons. The zero-order valence-corrected chi connectivity index (χ0v) is 26.1. The van der Waals surface area contributed by atoms with Crippen LogP contribution in [0.15, 0.2) is 115 Å². The van der Waals surface area contributed by atoms with Crippen LogP contribution in [0.2, 0.25) is 0 Å². The number of amides is 3. The Labute approximate surface area is 264 Å². The van der Waals surface area contributed by atoms with Gasteiger partial charge in [-0.15, -0.1) is 0 Å². The summed E-state index contributed by atoms with van der Waals surface area (Å²) < 4.78 is 5.44. The summed E-state index contributed by atoms with van der Waals surface area (Å²) >= 11 is 0. The highest BCUT2D eigenvalue weighted by molar-refractivity contribution is 5.91. The van der Waals surface area contributed by atoms with E-state index in [2.05, 4.69) is 16.0 Å². The van der Waals surface area contributed by atoms with E-state index < -0.39 is 35.1 Å². The van der Waals surface area contributed by atoms with E-state index in [4.69, 9.17) is 4.74 Å². The number of nitrogens with one attached hydrogen (secondary N) is 3. The number of carbonyl (C=O) groups excluding carboxylic acids is 3. The summed E-state index contributed by atoms with van der Waals surface area (Å²) in [6, 6.07) is 34.1. The fraction of sp³-hybridized carbons (Fsp3) is 0.270. The molecule has 4 rings (SSSR count). The maximum Gasteiger partial charge on any atom is 0.408 e. The van der Waals surface area contributed by atoms with Gasteiger partial charge in [0.25, 0.3) is 0 Å². The van der Waals surface area contributed by atoms with Crippen molar-refractivity contribution in [2.75, 3.05) is 0 Å². The first-order valence-corrected chi connectivity index (χ1v) is 15.0. The van der Waals surface area contributed by atoms with Gasteiger partial charge in [0.2, 0.25) is 11.8 Å². The van der Waals surface area contributed by atoms with E-state index in [0.29, 0.717) is 6.42 Å². The minimum absolute atomic E-state index is 0.153. The highest BCUT2D eigenvalue weighted by Gasteiger charge is 2.39. The number of hydrogen-bond acceptors (Lipinski definition) is 5. The molecule has 45 heavy (non-hydrogen) atoms. The number of alkyl carbamates (subject to hydrolysis) is 1. The Morgan fingerprint density at radius 1 is 0.711 bits per heavy atom. The van der Waals surface area contributed by atoms with Crippen LogP contribution in [0.5, 0.6) is 5.75 Å². The van der Waals surface area contributed by atoms with Crippen LogP contribution in [0.25, 0.3) is 0 Å². The molecule has 8 heteroatoms. The molecule has 4 aromatic carbocycles. The Bertz CT molecular complexity index is 1460. The summed E-state index contributed by atoms with van der Waals surface area (Å²) in [5.74, 6) is -0.818. The fourth-order valence-corrected chi connectivity index (χ4v) is 5.27. The number of hydrogen-bond donors (Lipinski definition) is 4. The van der Waals surface area contributed by atoms with Gasteiger partial charge in [-0.3, -0.25) is 9.59 Å². The van der Waals surface area contributed by atoms with E-state index in [1.165, 1.54) is 0 Å². The summed E-state index contributed by atoms with van der Waals surface area (Å²) in [7, 11) is 0. The molecule has 2 atom stereocenters. The van der Waals surface area contributed by atoms with Crippen molar-refractivity contribution in [1.82, 2.24) is 16.0 Å². The molecule has 0 bridgehead atoms. The van der Waals surface area contributed by atoms with Gasteiger partial charge in [0, 0.05) is 6.04 Å². The van der Waals surface area contributed by atoms with Gasteiger partial charge < -0.3 is 25.8 Å². The lowest BCUT2D eigenvalue weighted by Crippen LogP contribution is -2.54. The number of rotatable bonds is 11. The molecule has 0 aliphatic rings. The minimum Gasteiger partial charge on any atom is -0.508 e. The fourth-order valence-electron chi connectivity index (χ4n) is 5.27. The Balaban J connectivity index is 1.64. The third-order valence-electron chi connectivity index (χ3n) is 7.21. The monoisotopic (exact) mass is 607 g/mol. The second-order valence-corrected chi connectivity index (χ2v) is 12.1. The molecular formula is C37H41N3O5. The van der Waals surface area contributed by atoms with Crippen LogP contribution in [-0.4, -0.2) is 40.7 Å². The molecule has 234 valence electrons. The quantitative estimate of drug-likeness (QED) is 0.160. The lowest BCUT2D eigenvalue weighted by Gasteiger charge is -2.37. The Hall–Kier alpha value is -5.11. The van der Waals surface area contributed by atoms with Crippen molar-refractivity contribution in [2.24, 2.45) is 0 Å². The first kappa shape index (κ1) is 32.8. The Kier molecular flexibility index (Phi) is 10.6. The van der Waals surface area contributed by atoms with Crippen LogP contribution in [0.3, 0.4) is 0 Å². The van der Waals surface area contributed by atoms with Crippen molar-refractivity contribution in [3.63, 3.8) is 0 Å². The maximum absolute atomic E-state index is 14.1. The molecule has 0 fully saturated rings. The Morgan fingerprint density at radius 2 is 1.18 bits per heavy atom. The first-order valence-electron chi connectivity index (χ1n) is 15.0. The number of aromatic hydroxyl groups is 1. The van der Waals surface area contributed by atoms with Crippen molar-refractivity contribution >= 4 is 17.9 Å². The molecule has 3 amide bonds. The molecule has 0 heterocycles. The van der Waals surface area contributed by atoms with Crippen molar-refractivity contribution in [3.05, 3.63) is 138 Å². The van der Waals surface area contributed by atoms with Gasteiger partial charge >= 0.3 is 6.09 Å². The number of benzene rings is 4. The average molecular weight is 608 g/mol. The van der Waals surface area contributed by atoms with E-state index in [0.717, 1.165) is 22.3 Å². The number of phenols is 1. The van der Waals surface area contributed by atoms with Crippen LogP contribution in [-0.2, 0) is 26.3 Å². The topological polar surface area (TPSA) is 117 Å². The molecule has 8 nitrogen and oxygen atoms in total. The summed E-state index contributed by atoms with van der Waals surface area (Å²) in [6.45, 7) is 7.01. The molecule has 0 aromatic heterocycles. The van der Waals surface area contributed by atoms with E-state index in [1.54, 1.807) is 45.0 Å². The summed E-state index contributed by atoms with van der Waals surface area (Å²) in [6.07, 6.45) is -0.663. The largest absolute Gasteiger partial charge is 0.508 e. The predicted molar refractivity (Wildman–Crippen MR) is 175 cm³/mol. The zero-order valence-electron chi connectivity index (χ0n) is 26.1. The summed E-state index contributed by atoms with van der Waals surface area (Å²) in [4.78, 5) is 40.5. The van der Waals surface area contributed by atoms with Gasteiger partial charge in [0.05, 0.1) is 6.42 Å². The van der Waals surface area contributed by atoms with Crippen LogP contribution in [0, 0.1) is 0 Å². The predicted octanol–water partition coefficient (Wildman–Crippen LogP) is 5.83. The van der Waals surface area contributed by atoms with Crippen LogP contribution in [0.1, 0.15) is 56.4 Å². The van der Waals surface area contributed by atoms with Crippen LogP contribution < -0.4 is 16.0 Å². The lowest BCUT2D eigenvalue weighted by molar-refractivity contribution is -0.129. The molecule has 4 aromatic rings. The summed E-state index contributed by atoms with van der Waals surface area (Å²) in [5.41, 5.74) is 1.52. The van der Waals surface area contributed by atoms with Crippen molar-refractivity contribution in [2.45, 2.75) is 63.8 Å².